The highest BCUT2D eigenvalue weighted by molar-refractivity contribution is 7.89. The number of thiophene rings is 1. The van der Waals surface area contributed by atoms with Crippen LogP contribution in [0.1, 0.15) is 11.5 Å². The molecule has 2 aromatic heterocycles. The normalized spacial score (nSPS) is 15.5. The molecule has 1 amide bonds. The number of aryl methyl sites for hydroxylation is 1. The third-order valence-electron chi connectivity index (χ3n) is 5.50. The molecule has 0 unspecified atom stereocenters. The first kappa shape index (κ1) is 23.4. The molecule has 1 aliphatic rings. The number of hydrogen-bond donors (Lipinski definition) is 1. The van der Waals surface area contributed by atoms with E-state index in [2.05, 4.69) is 15.2 Å². The van der Waals surface area contributed by atoms with E-state index in [4.69, 9.17) is 9.15 Å². The molecule has 1 N–H and O–H groups in total. The number of ether oxygens (including phenoxy) is 1. The monoisotopic (exact) mass is 490 g/mol. The number of hydrogen-bond acceptors (Lipinski definition) is 8. The smallest absolute Gasteiger partial charge is 0.243 e. The van der Waals surface area contributed by atoms with Gasteiger partial charge in [0.05, 0.1) is 34.7 Å². The molecular weight excluding hydrogens is 464 g/mol. The van der Waals surface area contributed by atoms with Gasteiger partial charge in [-0.2, -0.15) is 4.31 Å². The van der Waals surface area contributed by atoms with Crippen LogP contribution in [-0.4, -0.2) is 68.9 Å². The summed E-state index contributed by atoms with van der Waals surface area (Å²) in [6.07, 6.45) is -0.0146. The number of nitrogens with zero attached hydrogens (tertiary/aromatic N) is 3. The number of sulfonamides is 1. The second-order valence-electron chi connectivity index (χ2n) is 7.79. The second-order valence-corrected chi connectivity index (χ2v) is 10.7. The van der Waals surface area contributed by atoms with Crippen LogP contribution >= 0.6 is 11.3 Å². The van der Waals surface area contributed by atoms with Gasteiger partial charge in [-0.15, -0.1) is 11.3 Å². The van der Waals surface area contributed by atoms with Crippen molar-refractivity contribution in [3.05, 3.63) is 47.2 Å². The molecule has 0 aliphatic carbocycles. The fourth-order valence-electron chi connectivity index (χ4n) is 3.57. The van der Waals surface area contributed by atoms with Gasteiger partial charge in [0, 0.05) is 26.2 Å². The number of carbonyl (C=O) groups excluding carboxylic acids is 1. The van der Waals surface area contributed by atoms with E-state index < -0.39 is 10.0 Å². The summed E-state index contributed by atoms with van der Waals surface area (Å²) in [5, 5.41) is 4.70. The first-order valence-corrected chi connectivity index (χ1v) is 12.8. The first-order chi connectivity index (χ1) is 15.8. The van der Waals surface area contributed by atoms with Crippen LogP contribution in [0.4, 0.5) is 5.69 Å². The van der Waals surface area contributed by atoms with Crippen LogP contribution < -0.4 is 10.1 Å². The van der Waals surface area contributed by atoms with Crippen molar-refractivity contribution in [2.75, 3.05) is 45.7 Å². The number of rotatable bonds is 7. The quantitative estimate of drug-likeness (QED) is 0.543. The molecule has 3 heterocycles. The number of aromatic nitrogens is 1. The van der Waals surface area contributed by atoms with Gasteiger partial charge in [-0.05, 0) is 43.6 Å². The highest BCUT2D eigenvalue weighted by atomic mass is 32.2. The Bertz CT molecular complexity index is 1230. The number of piperazine rings is 1. The van der Waals surface area contributed by atoms with E-state index in [1.54, 1.807) is 13.0 Å². The number of likely N-dealkylation sites (N-methyl/N-ethyl adjacent to an activating group) is 1. The highest BCUT2D eigenvalue weighted by Gasteiger charge is 2.28. The average molecular weight is 491 g/mol. The van der Waals surface area contributed by atoms with Crippen molar-refractivity contribution in [3.63, 3.8) is 0 Å². The SMILES string of the molecule is COc1ccc(S(=O)(=O)N2CCN(C)CC2)cc1NC(=O)Cc1nc(-c2cccs2)oc1C. The van der Waals surface area contributed by atoms with Crippen LogP contribution in [0.25, 0.3) is 10.8 Å². The van der Waals surface area contributed by atoms with Crippen molar-refractivity contribution in [1.29, 1.82) is 0 Å². The Morgan fingerprint density at radius 1 is 1.24 bits per heavy atom. The largest absolute Gasteiger partial charge is 0.495 e. The van der Waals surface area contributed by atoms with Gasteiger partial charge in [-0.3, -0.25) is 4.79 Å². The predicted octanol–water partition coefficient (Wildman–Crippen LogP) is 2.84. The van der Waals surface area contributed by atoms with Crippen LogP contribution in [-0.2, 0) is 21.2 Å². The number of anilines is 1. The zero-order valence-electron chi connectivity index (χ0n) is 18.7. The van der Waals surface area contributed by atoms with E-state index in [-0.39, 0.29) is 22.9 Å². The van der Waals surface area contributed by atoms with Gasteiger partial charge < -0.3 is 19.4 Å². The third-order valence-corrected chi connectivity index (χ3v) is 8.25. The van der Waals surface area contributed by atoms with Crippen molar-refractivity contribution in [3.8, 4) is 16.5 Å². The van der Waals surface area contributed by atoms with Crippen LogP contribution in [0, 0.1) is 6.92 Å². The first-order valence-electron chi connectivity index (χ1n) is 10.4. The molecule has 11 heteroatoms. The molecule has 176 valence electrons. The van der Waals surface area contributed by atoms with Crippen LogP contribution in [0.2, 0.25) is 0 Å². The number of oxazole rings is 1. The zero-order chi connectivity index (χ0) is 23.6. The van der Waals surface area contributed by atoms with Gasteiger partial charge in [-0.25, -0.2) is 13.4 Å². The Kier molecular flexibility index (Phi) is 6.84. The summed E-state index contributed by atoms with van der Waals surface area (Å²) in [7, 11) is -0.252. The number of amides is 1. The topological polar surface area (TPSA) is 105 Å². The molecule has 0 atom stereocenters. The standard InChI is InChI=1S/C22H26N4O5S2/c1-15-17(24-22(31-15)20-5-4-12-32-20)14-21(27)23-18-13-16(6-7-19(18)30-3)33(28,29)26-10-8-25(2)9-11-26/h4-7,12-13H,8-11,14H2,1-3H3,(H,23,27). The molecule has 9 nitrogen and oxygen atoms in total. The lowest BCUT2D eigenvalue weighted by atomic mass is 10.2. The maximum atomic E-state index is 13.1. The van der Waals surface area contributed by atoms with Crippen LogP contribution in [0.15, 0.2) is 45.0 Å². The van der Waals surface area contributed by atoms with Gasteiger partial charge >= 0.3 is 0 Å². The van der Waals surface area contributed by atoms with Gasteiger partial charge in [0.15, 0.2) is 0 Å². The molecule has 4 rings (SSSR count). The molecule has 1 fully saturated rings. The molecule has 1 aromatic carbocycles. The number of carbonyl (C=O) groups is 1. The fraction of sp³-hybridized carbons (Fsp3) is 0.364. The van der Waals surface area contributed by atoms with Crippen molar-refractivity contribution in [2.45, 2.75) is 18.2 Å². The Hall–Kier alpha value is -2.73. The summed E-state index contributed by atoms with van der Waals surface area (Å²) >= 11 is 1.50. The van der Waals surface area contributed by atoms with Crippen molar-refractivity contribution < 1.29 is 22.4 Å². The van der Waals surface area contributed by atoms with E-state index >= 15 is 0 Å². The fourth-order valence-corrected chi connectivity index (χ4v) is 5.66. The molecule has 1 saturated heterocycles. The lowest BCUT2D eigenvalue weighted by Gasteiger charge is -2.31. The van der Waals surface area contributed by atoms with Crippen molar-refractivity contribution in [1.82, 2.24) is 14.2 Å². The Balaban J connectivity index is 1.52. The summed E-state index contributed by atoms with van der Waals surface area (Å²) in [6.45, 7) is 3.94. The van der Waals surface area contributed by atoms with E-state index in [1.165, 1.54) is 34.9 Å². The lowest BCUT2D eigenvalue weighted by Crippen LogP contribution is -2.47. The van der Waals surface area contributed by atoms with Gasteiger partial charge in [-0.1, -0.05) is 6.07 Å². The zero-order valence-corrected chi connectivity index (χ0v) is 20.3. The van der Waals surface area contributed by atoms with Gasteiger partial charge in [0.1, 0.15) is 11.5 Å². The van der Waals surface area contributed by atoms with Crippen LogP contribution in [0.5, 0.6) is 5.75 Å². The lowest BCUT2D eigenvalue weighted by molar-refractivity contribution is -0.115. The van der Waals surface area contributed by atoms with Crippen molar-refractivity contribution >= 4 is 33.0 Å². The summed E-state index contributed by atoms with van der Waals surface area (Å²) in [5.74, 6) is 1.06. The summed E-state index contributed by atoms with van der Waals surface area (Å²) < 4.78 is 38.7. The minimum absolute atomic E-state index is 0.0146. The van der Waals surface area contributed by atoms with E-state index in [0.717, 1.165) is 4.88 Å². The third kappa shape index (κ3) is 5.11. The minimum Gasteiger partial charge on any atom is -0.495 e. The number of nitrogens with one attached hydrogen (secondary N) is 1. The average Bonchev–Trinajstić information content (AvgIpc) is 3.44. The number of benzene rings is 1. The summed E-state index contributed by atoms with van der Waals surface area (Å²) in [5.41, 5.74) is 0.813. The number of methoxy groups -OCH3 is 1. The molecule has 1 aliphatic heterocycles. The summed E-state index contributed by atoms with van der Waals surface area (Å²) in [4.78, 5) is 20.3. The van der Waals surface area contributed by atoms with E-state index in [0.29, 0.717) is 49.3 Å². The Morgan fingerprint density at radius 2 is 2.00 bits per heavy atom. The second kappa shape index (κ2) is 9.64. The summed E-state index contributed by atoms with van der Waals surface area (Å²) in [6, 6.07) is 8.29. The van der Waals surface area contributed by atoms with E-state index in [1.807, 2.05) is 24.6 Å². The van der Waals surface area contributed by atoms with Crippen molar-refractivity contribution in [2.24, 2.45) is 0 Å². The van der Waals surface area contributed by atoms with E-state index in [9.17, 15) is 13.2 Å². The molecule has 0 bridgehead atoms. The maximum absolute atomic E-state index is 13.1. The van der Waals surface area contributed by atoms with Gasteiger partial charge in [0.25, 0.3) is 0 Å². The van der Waals surface area contributed by atoms with Crippen LogP contribution in [0.3, 0.4) is 0 Å². The Labute approximate surface area is 197 Å². The van der Waals surface area contributed by atoms with Gasteiger partial charge in [0.2, 0.25) is 21.8 Å². The molecule has 33 heavy (non-hydrogen) atoms. The Morgan fingerprint density at radius 3 is 2.67 bits per heavy atom. The minimum atomic E-state index is -3.68. The molecule has 0 radical (unpaired) electrons. The maximum Gasteiger partial charge on any atom is 0.243 e. The predicted molar refractivity (Wildman–Crippen MR) is 126 cm³/mol. The molecule has 0 spiro atoms. The molecular formula is C22H26N4O5S2. The highest BCUT2D eigenvalue weighted by Crippen LogP contribution is 2.30. The molecule has 0 saturated carbocycles. The molecule has 3 aromatic rings.